The number of rotatable bonds is 35. The molecule has 0 amide bonds. The maximum atomic E-state index is 13.8. The molecule has 0 spiro atoms. The molecule has 0 aromatic heterocycles. The number of hydrogen-bond donors (Lipinski definition) is 0. The van der Waals surface area contributed by atoms with Gasteiger partial charge in [-0.3, -0.25) is 14.4 Å². The van der Waals surface area contributed by atoms with E-state index >= 15 is 0 Å². The van der Waals surface area contributed by atoms with Gasteiger partial charge in [0.1, 0.15) is 5.60 Å². The van der Waals surface area contributed by atoms with E-state index in [9.17, 15) is 24.0 Å². The Bertz CT molecular complexity index is 1020. The first-order valence-electron chi connectivity index (χ1n) is 22.0. The van der Waals surface area contributed by atoms with Crippen molar-refractivity contribution in [2.75, 3.05) is 26.4 Å². The highest BCUT2D eigenvalue weighted by molar-refractivity contribution is 6.18. The lowest BCUT2D eigenvalue weighted by atomic mass is 9.81. The maximum absolute atomic E-state index is 13.8. The van der Waals surface area contributed by atoms with E-state index < -0.39 is 47.2 Å². The fraction of sp³-hybridized carbons (Fsp3) is 0.886. The highest BCUT2D eigenvalue weighted by Crippen LogP contribution is 2.33. The Kier molecular flexibility index (Phi) is 31.6. The van der Waals surface area contributed by atoms with E-state index in [1.165, 1.54) is 19.3 Å². The molecule has 322 valence electrons. The lowest BCUT2D eigenvalue weighted by Crippen LogP contribution is -2.51. The van der Waals surface area contributed by atoms with Crippen LogP contribution in [-0.4, -0.2) is 68.2 Å². The second-order valence-electron chi connectivity index (χ2n) is 15.8. The molecular formula is C44H80O11. The normalized spacial score (nSPS) is 13.0. The topological polar surface area (TPSA) is 141 Å². The van der Waals surface area contributed by atoms with E-state index in [2.05, 4.69) is 20.8 Å². The van der Waals surface area contributed by atoms with E-state index in [1.807, 2.05) is 6.92 Å². The second-order valence-corrected chi connectivity index (χ2v) is 15.8. The predicted molar refractivity (Wildman–Crippen MR) is 215 cm³/mol. The van der Waals surface area contributed by atoms with Crippen molar-refractivity contribution in [2.24, 2.45) is 5.41 Å². The van der Waals surface area contributed by atoms with Gasteiger partial charge in [0.2, 0.25) is 6.10 Å². The van der Waals surface area contributed by atoms with Crippen LogP contribution in [0.3, 0.4) is 0 Å². The summed E-state index contributed by atoms with van der Waals surface area (Å²) < 4.78 is 32.9. The number of ether oxygens (including phenoxy) is 6. The second kappa shape index (κ2) is 33.3. The third-order valence-corrected chi connectivity index (χ3v) is 9.39. The first-order valence-corrected chi connectivity index (χ1v) is 22.0. The maximum Gasteiger partial charge on any atom is 0.509 e. The minimum Gasteiger partial charge on any atom is -0.464 e. The number of unbranched alkanes of at least 4 members (excludes halogenated alkanes) is 18. The van der Waals surface area contributed by atoms with Gasteiger partial charge >= 0.3 is 30.0 Å². The number of hydrogen-bond acceptors (Lipinski definition) is 11. The summed E-state index contributed by atoms with van der Waals surface area (Å²) in [5.74, 6) is -3.31. The molecule has 2 atom stereocenters. The average Bonchev–Trinajstić information content (AvgIpc) is 3.13. The van der Waals surface area contributed by atoms with Crippen molar-refractivity contribution < 1.29 is 52.4 Å². The molecule has 11 nitrogen and oxygen atoms in total. The average molecular weight is 785 g/mol. The van der Waals surface area contributed by atoms with Gasteiger partial charge in [-0.05, 0) is 65.7 Å². The van der Waals surface area contributed by atoms with Gasteiger partial charge in [0.05, 0.1) is 26.4 Å². The van der Waals surface area contributed by atoms with Gasteiger partial charge < -0.3 is 28.4 Å². The highest BCUT2D eigenvalue weighted by Gasteiger charge is 2.57. The van der Waals surface area contributed by atoms with Crippen molar-refractivity contribution in [2.45, 2.75) is 221 Å². The molecule has 0 aliphatic rings. The molecule has 0 rings (SSSR count). The van der Waals surface area contributed by atoms with Crippen LogP contribution in [0.2, 0.25) is 0 Å². The van der Waals surface area contributed by atoms with Crippen molar-refractivity contribution in [3.8, 4) is 0 Å². The van der Waals surface area contributed by atoms with Crippen LogP contribution in [0, 0.1) is 5.41 Å². The van der Waals surface area contributed by atoms with Crippen molar-refractivity contribution >= 4 is 30.0 Å². The number of carbonyl (C=O) groups excluding carboxylic acids is 5. The highest BCUT2D eigenvalue weighted by atomic mass is 16.7. The van der Waals surface area contributed by atoms with Crippen LogP contribution in [0.5, 0.6) is 0 Å². The van der Waals surface area contributed by atoms with Crippen LogP contribution in [0.15, 0.2) is 0 Å². The third-order valence-electron chi connectivity index (χ3n) is 9.39. The van der Waals surface area contributed by atoms with Crippen LogP contribution < -0.4 is 0 Å². The van der Waals surface area contributed by atoms with E-state index in [-0.39, 0.29) is 32.8 Å². The zero-order valence-corrected chi connectivity index (χ0v) is 36.1. The fourth-order valence-corrected chi connectivity index (χ4v) is 5.98. The summed E-state index contributed by atoms with van der Waals surface area (Å²) in [4.78, 5) is 66.4. The summed E-state index contributed by atoms with van der Waals surface area (Å²) in [5, 5.41) is 0. The molecule has 0 bridgehead atoms. The Morgan fingerprint density at radius 1 is 0.436 bits per heavy atom. The van der Waals surface area contributed by atoms with Gasteiger partial charge in [0.25, 0.3) is 5.41 Å². The summed E-state index contributed by atoms with van der Waals surface area (Å²) in [6, 6.07) is 0. The van der Waals surface area contributed by atoms with Gasteiger partial charge in [-0.25, -0.2) is 9.59 Å². The summed E-state index contributed by atoms with van der Waals surface area (Å²) >= 11 is 0. The summed E-state index contributed by atoms with van der Waals surface area (Å²) in [5.41, 5.74) is -3.13. The SMILES string of the molecule is CCCCCCCCOC(=O)OC(CCCCCCCCC(C(=O)OCCCCCC)(C(=O)OCCCCCCC)C(=O)OC(C)(C)C)C(=O)OCCCC. The Morgan fingerprint density at radius 2 is 0.836 bits per heavy atom. The standard InChI is InChI=1S/C44H80O11/c1-8-12-16-19-25-30-36-53-42(49)54-37(38(45)50-33-15-11-4)31-26-22-20-21-23-27-32-44(41(48)55-43(5,6)7,39(46)51-34-28-18-14-10-3)40(47)52-35-29-24-17-13-9-2/h37H,8-36H2,1-7H3. The Balaban J connectivity index is 5.37. The first-order chi connectivity index (χ1) is 26.4. The predicted octanol–water partition coefficient (Wildman–Crippen LogP) is 11.3. The van der Waals surface area contributed by atoms with Crippen molar-refractivity contribution in [3.63, 3.8) is 0 Å². The van der Waals surface area contributed by atoms with Gasteiger partial charge in [0.15, 0.2) is 0 Å². The number of carbonyl (C=O) groups is 5. The molecule has 0 N–H and O–H groups in total. The monoisotopic (exact) mass is 785 g/mol. The minimum atomic E-state index is -2.20. The fourth-order valence-electron chi connectivity index (χ4n) is 5.98. The molecule has 0 aliphatic carbocycles. The molecule has 11 heteroatoms. The number of esters is 4. The van der Waals surface area contributed by atoms with Crippen LogP contribution in [0.25, 0.3) is 0 Å². The summed E-state index contributed by atoms with van der Waals surface area (Å²) in [7, 11) is 0. The third kappa shape index (κ3) is 25.8. The molecule has 0 saturated heterocycles. The Hall–Kier alpha value is -2.85. The molecule has 0 aliphatic heterocycles. The first kappa shape index (κ1) is 52.2. The molecule has 0 radical (unpaired) electrons. The lowest BCUT2D eigenvalue weighted by molar-refractivity contribution is -0.190. The Morgan fingerprint density at radius 3 is 1.33 bits per heavy atom. The molecule has 0 aromatic rings. The summed E-state index contributed by atoms with van der Waals surface area (Å²) in [6.07, 6.45) is 18.6. The largest absolute Gasteiger partial charge is 0.509 e. The van der Waals surface area contributed by atoms with Crippen LogP contribution in [-0.2, 0) is 47.6 Å². The zero-order chi connectivity index (χ0) is 41.2. The van der Waals surface area contributed by atoms with Gasteiger partial charge in [-0.2, -0.15) is 0 Å². The molecule has 2 unspecified atom stereocenters. The molecule has 0 saturated carbocycles. The van der Waals surface area contributed by atoms with E-state index in [0.717, 1.165) is 96.3 Å². The Labute approximate surface area is 334 Å². The molecule has 0 fully saturated rings. The van der Waals surface area contributed by atoms with Crippen LogP contribution >= 0.6 is 0 Å². The smallest absolute Gasteiger partial charge is 0.464 e. The van der Waals surface area contributed by atoms with Crippen LogP contribution in [0.1, 0.15) is 209 Å². The zero-order valence-electron chi connectivity index (χ0n) is 36.1. The lowest BCUT2D eigenvalue weighted by Gasteiger charge is -2.31. The molecule has 55 heavy (non-hydrogen) atoms. The van der Waals surface area contributed by atoms with E-state index in [1.54, 1.807) is 20.8 Å². The van der Waals surface area contributed by atoms with Gasteiger partial charge in [0, 0.05) is 0 Å². The summed E-state index contributed by atoms with van der Waals surface area (Å²) in [6.45, 7) is 14.2. The van der Waals surface area contributed by atoms with Crippen LogP contribution in [0.4, 0.5) is 4.79 Å². The van der Waals surface area contributed by atoms with Crippen molar-refractivity contribution in [1.82, 2.24) is 0 Å². The molecule has 0 heterocycles. The molecule has 0 aromatic carbocycles. The minimum absolute atomic E-state index is 0.0786. The molecular weight excluding hydrogens is 704 g/mol. The van der Waals surface area contributed by atoms with Gasteiger partial charge in [-0.15, -0.1) is 0 Å². The van der Waals surface area contributed by atoms with E-state index in [4.69, 9.17) is 28.4 Å². The van der Waals surface area contributed by atoms with Crippen molar-refractivity contribution in [1.29, 1.82) is 0 Å². The van der Waals surface area contributed by atoms with Crippen molar-refractivity contribution in [3.05, 3.63) is 0 Å². The van der Waals surface area contributed by atoms with Gasteiger partial charge in [-0.1, -0.05) is 143 Å². The van der Waals surface area contributed by atoms with E-state index in [0.29, 0.717) is 38.5 Å². The quantitative estimate of drug-likeness (QED) is 0.0262.